The first-order valence-electron chi connectivity index (χ1n) is 3.58. The van der Waals surface area contributed by atoms with Crippen LogP contribution in [0.5, 0.6) is 0 Å². The van der Waals surface area contributed by atoms with E-state index in [0.29, 0.717) is 20.1 Å². The van der Waals surface area contributed by atoms with Crippen LogP contribution >= 0.6 is 27.3 Å². The Hall–Kier alpha value is -1.21. The molecule has 2 N–H and O–H groups in total. The normalized spacial score (nSPS) is 10.4. The molecule has 0 radical (unpaired) electrons. The SMILES string of the molecule is O=C(O)Nc1nc2ccc(Br)nc2s1. The van der Waals surface area contributed by atoms with Crippen LogP contribution in [-0.4, -0.2) is 21.2 Å². The fourth-order valence-corrected chi connectivity index (χ4v) is 2.19. The van der Waals surface area contributed by atoms with Gasteiger partial charge in [-0.3, -0.25) is 5.32 Å². The Morgan fingerprint density at radius 2 is 2.29 bits per heavy atom. The molecule has 0 fully saturated rings. The standard InChI is InChI=1S/C7H4BrN3O2S/c8-4-2-1-3-5(10-4)14-6(9-3)11-7(12)13/h1-2H,(H,9,11)(H,12,13). The van der Waals surface area contributed by atoms with Crippen molar-refractivity contribution in [1.82, 2.24) is 9.97 Å². The molecule has 0 bridgehead atoms. The largest absolute Gasteiger partial charge is 0.465 e. The maximum Gasteiger partial charge on any atom is 0.410 e. The quantitative estimate of drug-likeness (QED) is 0.783. The molecule has 0 unspecified atom stereocenters. The van der Waals surface area contributed by atoms with Crippen molar-refractivity contribution in [2.24, 2.45) is 0 Å². The highest BCUT2D eigenvalue weighted by molar-refractivity contribution is 9.10. The monoisotopic (exact) mass is 273 g/mol. The Labute approximate surface area is 90.9 Å². The van der Waals surface area contributed by atoms with Gasteiger partial charge in [-0.1, -0.05) is 11.3 Å². The number of anilines is 1. The Bertz CT molecular complexity index is 499. The van der Waals surface area contributed by atoms with Crippen LogP contribution in [0.25, 0.3) is 10.3 Å². The zero-order valence-corrected chi connectivity index (χ0v) is 9.09. The van der Waals surface area contributed by atoms with E-state index in [0.717, 1.165) is 0 Å². The van der Waals surface area contributed by atoms with Crippen LogP contribution in [0.3, 0.4) is 0 Å². The molecule has 14 heavy (non-hydrogen) atoms. The van der Waals surface area contributed by atoms with Crippen LogP contribution < -0.4 is 5.32 Å². The summed E-state index contributed by atoms with van der Waals surface area (Å²) in [5.41, 5.74) is 0.682. The molecular formula is C7H4BrN3O2S. The van der Waals surface area contributed by atoms with Crippen molar-refractivity contribution in [2.45, 2.75) is 0 Å². The minimum atomic E-state index is -1.12. The number of halogens is 1. The molecule has 5 nitrogen and oxygen atoms in total. The summed E-state index contributed by atoms with van der Waals surface area (Å²) in [6.45, 7) is 0. The maximum atomic E-state index is 10.3. The molecule has 0 aliphatic heterocycles. The van der Waals surface area contributed by atoms with Gasteiger partial charge in [-0.25, -0.2) is 14.8 Å². The second-order valence-electron chi connectivity index (χ2n) is 2.41. The van der Waals surface area contributed by atoms with Gasteiger partial charge in [0, 0.05) is 0 Å². The third-order valence-corrected chi connectivity index (χ3v) is 2.76. The highest BCUT2D eigenvalue weighted by Crippen LogP contribution is 2.25. The number of hydrogen-bond acceptors (Lipinski definition) is 4. The molecule has 0 spiro atoms. The number of pyridine rings is 1. The topological polar surface area (TPSA) is 75.1 Å². The minimum Gasteiger partial charge on any atom is -0.465 e. The summed E-state index contributed by atoms with van der Waals surface area (Å²) in [5.74, 6) is 0. The van der Waals surface area contributed by atoms with Gasteiger partial charge < -0.3 is 5.11 Å². The van der Waals surface area contributed by atoms with Gasteiger partial charge in [0.25, 0.3) is 0 Å². The van der Waals surface area contributed by atoms with Gasteiger partial charge in [-0.05, 0) is 28.1 Å². The summed E-state index contributed by atoms with van der Waals surface area (Å²) < 4.78 is 0.704. The number of carbonyl (C=O) groups is 1. The number of rotatable bonds is 1. The molecule has 0 aliphatic carbocycles. The molecule has 0 saturated carbocycles. The fourth-order valence-electron chi connectivity index (χ4n) is 0.939. The van der Waals surface area contributed by atoms with E-state index < -0.39 is 6.09 Å². The van der Waals surface area contributed by atoms with E-state index in [9.17, 15) is 4.79 Å². The molecule has 2 aromatic heterocycles. The van der Waals surface area contributed by atoms with Crippen LogP contribution in [0.4, 0.5) is 9.93 Å². The Morgan fingerprint density at radius 1 is 1.50 bits per heavy atom. The lowest BCUT2D eigenvalue weighted by Crippen LogP contribution is -2.06. The minimum absolute atomic E-state index is 0.332. The summed E-state index contributed by atoms with van der Waals surface area (Å²) in [6.07, 6.45) is -1.12. The highest BCUT2D eigenvalue weighted by atomic mass is 79.9. The summed E-state index contributed by atoms with van der Waals surface area (Å²) in [4.78, 5) is 19.2. The van der Waals surface area contributed by atoms with Crippen molar-refractivity contribution in [3.8, 4) is 0 Å². The Kier molecular flexibility index (Phi) is 2.34. The lowest BCUT2D eigenvalue weighted by Gasteiger charge is -1.89. The van der Waals surface area contributed by atoms with E-state index in [1.165, 1.54) is 11.3 Å². The molecule has 2 aromatic rings. The van der Waals surface area contributed by atoms with Crippen molar-refractivity contribution in [2.75, 3.05) is 5.32 Å². The van der Waals surface area contributed by atoms with Gasteiger partial charge in [0.1, 0.15) is 15.0 Å². The summed E-state index contributed by atoms with van der Waals surface area (Å²) in [6, 6.07) is 3.53. The molecule has 7 heteroatoms. The molecule has 2 heterocycles. The van der Waals surface area contributed by atoms with Crippen molar-refractivity contribution in [3.63, 3.8) is 0 Å². The van der Waals surface area contributed by atoms with E-state index in [1.54, 1.807) is 12.1 Å². The van der Waals surface area contributed by atoms with Crippen LogP contribution in [0.1, 0.15) is 0 Å². The molecule has 0 aliphatic rings. The van der Waals surface area contributed by atoms with Crippen LogP contribution in [0.2, 0.25) is 0 Å². The lowest BCUT2D eigenvalue weighted by atomic mass is 10.5. The highest BCUT2D eigenvalue weighted by Gasteiger charge is 2.06. The summed E-state index contributed by atoms with van der Waals surface area (Å²) in [5, 5.41) is 11.0. The number of carboxylic acid groups (broad SMARTS) is 1. The van der Waals surface area contributed by atoms with Crippen LogP contribution in [0, 0.1) is 0 Å². The zero-order valence-electron chi connectivity index (χ0n) is 6.69. The number of aromatic nitrogens is 2. The van der Waals surface area contributed by atoms with Crippen LogP contribution in [-0.2, 0) is 0 Å². The number of fused-ring (bicyclic) bond motifs is 1. The predicted octanol–water partition coefficient (Wildman–Crippen LogP) is 2.54. The first-order valence-corrected chi connectivity index (χ1v) is 5.19. The zero-order chi connectivity index (χ0) is 10.1. The maximum absolute atomic E-state index is 10.3. The molecule has 1 amide bonds. The molecular weight excluding hydrogens is 270 g/mol. The van der Waals surface area contributed by atoms with Crippen molar-refractivity contribution < 1.29 is 9.90 Å². The average molecular weight is 274 g/mol. The van der Waals surface area contributed by atoms with E-state index in [1.807, 2.05) is 0 Å². The van der Waals surface area contributed by atoms with Crippen molar-refractivity contribution in [1.29, 1.82) is 0 Å². The number of amides is 1. The van der Waals surface area contributed by atoms with E-state index >= 15 is 0 Å². The van der Waals surface area contributed by atoms with Crippen molar-refractivity contribution in [3.05, 3.63) is 16.7 Å². The van der Waals surface area contributed by atoms with Crippen molar-refractivity contribution >= 4 is 48.8 Å². The van der Waals surface area contributed by atoms with E-state index in [2.05, 4.69) is 31.2 Å². The number of nitrogens with zero attached hydrogens (tertiary/aromatic N) is 2. The third-order valence-electron chi connectivity index (χ3n) is 1.44. The Morgan fingerprint density at radius 3 is 3.00 bits per heavy atom. The molecule has 72 valence electrons. The first-order chi connectivity index (χ1) is 6.65. The summed E-state index contributed by atoms with van der Waals surface area (Å²) >= 11 is 4.42. The molecule has 0 saturated heterocycles. The number of thiazole rings is 1. The van der Waals surface area contributed by atoms with Gasteiger partial charge in [0.15, 0.2) is 5.13 Å². The first kappa shape index (κ1) is 9.35. The van der Waals surface area contributed by atoms with E-state index in [-0.39, 0.29) is 0 Å². The van der Waals surface area contributed by atoms with Gasteiger partial charge in [0.2, 0.25) is 0 Å². The molecule has 0 aromatic carbocycles. The number of hydrogen-bond donors (Lipinski definition) is 2. The number of nitrogens with one attached hydrogen (secondary N) is 1. The molecule has 2 rings (SSSR count). The van der Waals surface area contributed by atoms with Gasteiger partial charge >= 0.3 is 6.09 Å². The van der Waals surface area contributed by atoms with Crippen LogP contribution in [0.15, 0.2) is 16.7 Å². The predicted molar refractivity (Wildman–Crippen MR) is 56.8 cm³/mol. The lowest BCUT2D eigenvalue weighted by molar-refractivity contribution is 0.210. The van der Waals surface area contributed by atoms with Gasteiger partial charge in [0.05, 0.1) is 0 Å². The van der Waals surface area contributed by atoms with E-state index in [4.69, 9.17) is 5.11 Å². The average Bonchev–Trinajstić information content (AvgIpc) is 2.44. The smallest absolute Gasteiger partial charge is 0.410 e. The molecule has 0 atom stereocenters. The third kappa shape index (κ3) is 1.83. The Balaban J connectivity index is 2.46. The summed E-state index contributed by atoms with van der Waals surface area (Å²) in [7, 11) is 0. The van der Waals surface area contributed by atoms with Gasteiger partial charge in [-0.2, -0.15) is 0 Å². The van der Waals surface area contributed by atoms with Gasteiger partial charge in [-0.15, -0.1) is 0 Å². The fraction of sp³-hybridized carbons (Fsp3) is 0. The second-order valence-corrected chi connectivity index (χ2v) is 4.20. The second kappa shape index (κ2) is 3.50.